The topological polar surface area (TPSA) is 32.3 Å². The first kappa shape index (κ1) is 13.4. The van der Waals surface area contributed by atoms with Crippen LogP contribution in [0.4, 0.5) is 13.2 Å². The molecule has 1 unspecified atom stereocenters. The highest BCUT2D eigenvalue weighted by Gasteiger charge is 2.27. The van der Waals surface area contributed by atoms with E-state index in [1.54, 1.807) is 6.92 Å². The van der Waals surface area contributed by atoms with Gasteiger partial charge in [-0.2, -0.15) is 0 Å². The van der Waals surface area contributed by atoms with Crippen LogP contribution in [0.2, 0.25) is 0 Å². The molecule has 3 atom stereocenters. The smallest absolute Gasteiger partial charge is 0.194 e. The van der Waals surface area contributed by atoms with E-state index in [1.165, 1.54) is 0 Å². The minimum absolute atomic E-state index is 0.131. The summed E-state index contributed by atoms with van der Waals surface area (Å²) in [5, 5.41) is 12.5. The number of hydrogen-bond acceptors (Lipinski definition) is 2. The van der Waals surface area contributed by atoms with Gasteiger partial charge >= 0.3 is 0 Å². The number of aliphatic hydroxyl groups is 1. The van der Waals surface area contributed by atoms with Crippen molar-refractivity contribution in [1.29, 1.82) is 0 Å². The highest BCUT2D eigenvalue weighted by molar-refractivity contribution is 5.23. The van der Waals surface area contributed by atoms with E-state index in [-0.39, 0.29) is 12.1 Å². The second kappa shape index (κ2) is 5.28. The summed E-state index contributed by atoms with van der Waals surface area (Å²) in [6.45, 7) is 1.70. The van der Waals surface area contributed by atoms with Crippen LogP contribution in [-0.2, 0) is 0 Å². The molecule has 5 heteroatoms. The fourth-order valence-electron chi connectivity index (χ4n) is 2.46. The van der Waals surface area contributed by atoms with Crippen LogP contribution in [0, 0.1) is 17.5 Å². The number of hydrogen-bond donors (Lipinski definition) is 2. The molecular weight excluding hydrogens is 243 g/mol. The maximum atomic E-state index is 13.1. The summed E-state index contributed by atoms with van der Waals surface area (Å²) in [6.07, 6.45) is 1.74. The van der Waals surface area contributed by atoms with Crippen molar-refractivity contribution in [3.8, 4) is 0 Å². The fraction of sp³-hybridized carbons (Fsp3) is 0.538. The second-order valence-corrected chi connectivity index (χ2v) is 4.88. The Morgan fingerprint density at radius 1 is 1.28 bits per heavy atom. The Kier molecular flexibility index (Phi) is 3.92. The molecule has 2 nitrogen and oxygen atoms in total. The van der Waals surface area contributed by atoms with Crippen LogP contribution in [0.5, 0.6) is 0 Å². The van der Waals surface area contributed by atoms with Gasteiger partial charge in [0, 0.05) is 12.1 Å². The molecule has 1 saturated heterocycles. The number of halogens is 3. The van der Waals surface area contributed by atoms with E-state index in [9.17, 15) is 18.3 Å². The highest BCUT2D eigenvalue weighted by atomic mass is 19.2. The molecule has 1 fully saturated rings. The van der Waals surface area contributed by atoms with Gasteiger partial charge in [0.15, 0.2) is 17.5 Å². The molecule has 0 saturated carbocycles. The van der Waals surface area contributed by atoms with Crippen molar-refractivity contribution in [3.05, 3.63) is 35.1 Å². The standard InChI is InChI=1S/C13H16F3NO/c1-7(18)4-9-2-3-12(17-9)8-5-10(14)13(16)11(15)6-8/h5-7,9,12,17-18H,2-4H2,1H3/t7?,9-,12+/m1/s1. The van der Waals surface area contributed by atoms with Crippen LogP contribution in [0.3, 0.4) is 0 Å². The predicted molar refractivity (Wildman–Crippen MR) is 61.5 cm³/mol. The van der Waals surface area contributed by atoms with E-state index >= 15 is 0 Å². The molecule has 1 aromatic rings. The van der Waals surface area contributed by atoms with E-state index in [0.29, 0.717) is 12.0 Å². The van der Waals surface area contributed by atoms with Crippen molar-refractivity contribution in [1.82, 2.24) is 5.32 Å². The molecular formula is C13H16F3NO. The SMILES string of the molecule is CC(O)C[C@H]1CC[C@@H](c2cc(F)c(F)c(F)c2)N1. The van der Waals surface area contributed by atoms with E-state index in [4.69, 9.17) is 0 Å². The molecule has 1 aromatic carbocycles. The number of benzene rings is 1. The van der Waals surface area contributed by atoms with Gasteiger partial charge in [0.25, 0.3) is 0 Å². The Bertz CT molecular complexity index is 413. The van der Waals surface area contributed by atoms with Gasteiger partial charge in [-0.15, -0.1) is 0 Å². The summed E-state index contributed by atoms with van der Waals surface area (Å²) in [6, 6.07) is 2.01. The molecule has 100 valence electrons. The van der Waals surface area contributed by atoms with E-state index in [0.717, 1.165) is 25.0 Å². The Balaban J connectivity index is 2.10. The maximum Gasteiger partial charge on any atom is 0.194 e. The van der Waals surface area contributed by atoms with Crippen molar-refractivity contribution >= 4 is 0 Å². The molecule has 0 aliphatic carbocycles. The third-order valence-corrected chi connectivity index (χ3v) is 3.27. The third-order valence-electron chi connectivity index (χ3n) is 3.27. The van der Waals surface area contributed by atoms with Gasteiger partial charge in [0.2, 0.25) is 0 Å². The first-order valence-corrected chi connectivity index (χ1v) is 6.06. The van der Waals surface area contributed by atoms with Crippen LogP contribution < -0.4 is 5.32 Å². The lowest BCUT2D eigenvalue weighted by Gasteiger charge is -2.16. The van der Waals surface area contributed by atoms with E-state index < -0.39 is 23.6 Å². The van der Waals surface area contributed by atoms with Crippen molar-refractivity contribution in [2.24, 2.45) is 0 Å². The minimum Gasteiger partial charge on any atom is -0.393 e. The largest absolute Gasteiger partial charge is 0.393 e. The number of aliphatic hydroxyl groups excluding tert-OH is 1. The first-order chi connectivity index (χ1) is 8.47. The van der Waals surface area contributed by atoms with Crippen molar-refractivity contribution in [2.45, 2.75) is 44.4 Å². The summed E-state index contributed by atoms with van der Waals surface area (Å²) in [5.41, 5.74) is 0.416. The summed E-state index contributed by atoms with van der Waals surface area (Å²) < 4.78 is 39.1. The zero-order valence-corrected chi connectivity index (χ0v) is 10.1. The van der Waals surface area contributed by atoms with Gasteiger partial charge in [-0.3, -0.25) is 0 Å². The monoisotopic (exact) mass is 259 g/mol. The quantitative estimate of drug-likeness (QED) is 0.818. The Labute approximate surface area is 104 Å². The molecule has 2 N–H and O–H groups in total. The molecule has 0 radical (unpaired) electrons. The van der Waals surface area contributed by atoms with Gasteiger partial charge in [0.05, 0.1) is 6.10 Å². The van der Waals surface area contributed by atoms with E-state index in [2.05, 4.69) is 5.32 Å². The molecule has 0 bridgehead atoms. The highest BCUT2D eigenvalue weighted by Crippen LogP contribution is 2.29. The third kappa shape index (κ3) is 2.84. The fourth-order valence-corrected chi connectivity index (χ4v) is 2.46. The average Bonchev–Trinajstić information content (AvgIpc) is 2.72. The molecule has 18 heavy (non-hydrogen) atoms. The molecule has 1 aliphatic heterocycles. The first-order valence-electron chi connectivity index (χ1n) is 6.06. The van der Waals surface area contributed by atoms with Crippen LogP contribution in [-0.4, -0.2) is 17.3 Å². The lowest BCUT2D eigenvalue weighted by atomic mass is 10.0. The molecule has 2 rings (SSSR count). The zero-order valence-electron chi connectivity index (χ0n) is 10.1. The predicted octanol–water partition coefficient (Wildman–Crippen LogP) is 2.67. The summed E-state index contributed by atoms with van der Waals surface area (Å²) >= 11 is 0. The van der Waals surface area contributed by atoms with Crippen molar-refractivity contribution in [3.63, 3.8) is 0 Å². The van der Waals surface area contributed by atoms with Gasteiger partial charge in [0.1, 0.15) is 0 Å². The molecule has 0 spiro atoms. The van der Waals surface area contributed by atoms with Crippen LogP contribution >= 0.6 is 0 Å². The normalized spacial score (nSPS) is 25.4. The van der Waals surface area contributed by atoms with Gasteiger partial charge < -0.3 is 10.4 Å². The molecule has 0 amide bonds. The van der Waals surface area contributed by atoms with Gasteiger partial charge in [-0.05, 0) is 43.9 Å². The van der Waals surface area contributed by atoms with Gasteiger partial charge in [-0.1, -0.05) is 0 Å². The maximum absolute atomic E-state index is 13.1. The van der Waals surface area contributed by atoms with Crippen LogP contribution in [0.15, 0.2) is 12.1 Å². The molecule has 0 aromatic heterocycles. The molecule has 1 aliphatic rings. The lowest BCUT2D eigenvalue weighted by Crippen LogP contribution is -2.27. The van der Waals surface area contributed by atoms with Crippen molar-refractivity contribution < 1.29 is 18.3 Å². The Morgan fingerprint density at radius 3 is 2.44 bits per heavy atom. The number of nitrogens with one attached hydrogen (secondary N) is 1. The average molecular weight is 259 g/mol. The van der Waals surface area contributed by atoms with Gasteiger partial charge in [-0.25, -0.2) is 13.2 Å². The summed E-state index contributed by atoms with van der Waals surface area (Å²) in [4.78, 5) is 0. The lowest BCUT2D eigenvalue weighted by molar-refractivity contribution is 0.170. The zero-order chi connectivity index (χ0) is 13.3. The minimum atomic E-state index is -1.43. The number of rotatable bonds is 3. The summed E-state index contributed by atoms with van der Waals surface area (Å²) in [5.74, 6) is -3.76. The second-order valence-electron chi connectivity index (χ2n) is 4.88. The van der Waals surface area contributed by atoms with Crippen LogP contribution in [0.25, 0.3) is 0 Å². The van der Waals surface area contributed by atoms with E-state index in [1.807, 2.05) is 0 Å². The Hall–Kier alpha value is -1.07. The molecule has 1 heterocycles. The van der Waals surface area contributed by atoms with Crippen LogP contribution in [0.1, 0.15) is 37.8 Å². The van der Waals surface area contributed by atoms with Crippen molar-refractivity contribution in [2.75, 3.05) is 0 Å². The summed E-state index contributed by atoms with van der Waals surface area (Å²) in [7, 11) is 0. The Morgan fingerprint density at radius 2 is 1.89 bits per heavy atom.